The number of nitrogens with zero attached hydrogens (tertiary/aromatic N) is 1. The highest BCUT2D eigenvalue weighted by Crippen LogP contribution is 2.30. The van der Waals surface area contributed by atoms with Crippen molar-refractivity contribution in [2.45, 2.75) is 31.7 Å². The maximum absolute atomic E-state index is 13.0. The molecule has 0 saturated heterocycles. The van der Waals surface area contributed by atoms with Crippen molar-refractivity contribution < 1.29 is 27.5 Å². The lowest BCUT2D eigenvalue weighted by Gasteiger charge is -2.27. The first kappa shape index (κ1) is 27.8. The predicted octanol–water partition coefficient (Wildman–Crippen LogP) is 6.03. The minimum absolute atomic E-state index is 0.00495. The van der Waals surface area contributed by atoms with Gasteiger partial charge in [-0.05, 0) is 59.9 Å². The number of anilines is 1. The minimum Gasteiger partial charge on any atom is -0.480 e. The number of carbonyl (C=O) groups is 2. The summed E-state index contributed by atoms with van der Waals surface area (Å²) in [6.45, 7) is 8.99. The zero-order chi connectivity index (χ0) is 28.5. The fourth-order valence-corrected chi connectivity index (χ4v) is 6.10. The maximum Gasteiger partial charge on any atom is 0.322 e. The SMILES string of the molecule is C=Cc1cccc2oc(C(=O)Nc3ccc(-c4ccc(S(=O)(=O)N(C)[C@H](C(=O)O)C(C)C)cc4)cc3)c(C)c12. The van der Waals surface area contributed by atoms with Gasteiger partial charge in [-0.3, -0.25) is 9.59 Å². The summed E-state index contributed by atoms with van der Waals surface area (Å²) < 4.78 is 32.8. The standard InChI is InChI=1S/C30H30N2O6S/c1-6-20-8-7-9-25-26(20)19(4)28(38-25)29(33)31-23-14-10-21(11-15-23)22-12-16-24(17-13-22)39(36,37)32(5)27(18(2)3)30(34)35/h6-18,27H,1H2,2-5H3,(H,31,33)(H,34,35)/t27-/m0/s1. The smallest absolute Gasteiger partial charge is 0.322 e. The molecule has 39 heavy (non-hydrogen) atoms. The Balaban J connectivity index is 1.51. The monoisotopic (exact) mass is 546 g/mol. The molecule has 1 aromatic heterocycles. The van der Waals surface area contributed by atoms with Crippen LogP contribution in [0.2, 0.25) is 0 Å². The molecule has 0 aliphatic rings. The van der Waals surface area contributed by atoms with Crippen molar-refractivity contribution in [3.63, 3.8) is 0 Å². The molecule has 0 radical (unpaired) electrons. The summed E-state index contributed by atoms with van der Waals surface area (Å²) in [5.74, 6) is -1.74. The van der Waals surface area contributed by atoms with Crippen LogP contribution in [0.5, 0.6) is 0 Å². The number of carbonyl (C=O) groups excluding carboxylic acids is 1. The molecule has 4 aromatic rings. The molecule has 0 fully saturated rings. The number of carboxylic acid groups (broad SMARTS) is 1. The second-order valence-corrected chi connectivity index (χ2v) is 11.6. The van der Waals surface area contributed by atoms with Gasteiger partial charge in [0.15, 0.2) is 5.76 Å². The van der Waals surface area contributed by atoms with Gasteiger partial charge in [0.25, 0.3) is 5.91 Å². The van der Waals surface area contributed by atoms with Gasteiger partial charge in [0.1, 0.15) is 11.6 Å². The molecular weight excluding hydrogens is 516 g/mol. The zero-order valence-corrected chi connectivity index (χ0v) is 23.0. The number of nitrogens with one attached hydrogen (secondary N) is 1. The van der Waals surface area contributed by atoms with Gasteiger partial charge in [0.05, 0.1) is 4.90 Å². The summed E-state index contributed by atoms with van der Waals surface area (Å²) in [6, 6.07) is 17.8. The first-order valence-electron chi connectivity index (χ1n) is 12.3. The van der Waals surface area contributed by atoms with Crippen molar-refractivity contribution in [1.29, 1.82) is 0 Å². The summed E-state index contributed by atoms with van der Waals surface area (Å²) in [5.41, 5.74) is 4.39. The highest BCUT2D eigenvalue weighted by molar-refractivity contribution is 7.89. The number of likely N-dealkylation sites (N-methyl/N-ethyl adjacent to an activating group) is 1. The van der Waals surface area contributed by atoms with E-state index in [0.29, 0.717) is 11.3 Å². The van der Waals surface area contributed by atoms with E-state index in [0.717, 1.165) is 31.9 Å². The molecule has 4 rings (SSSR count). The van der Waals surface area contributed by atoms with Crippen molar-refractivity contribution in [2.75, 3.05) is 12.4 Å². The highest BCUT2D eigenvalue weighted by atomic mass is 32.2. The number of carboxylic acids is 1. The Bertz CT molecular complexity index is 1650. The van der Waals surface area contributed by atoms with Crippen LogP contribution in [-0.2, 0) is 14.8 Å². The van der Waals surface area contributed by atoms with Gasteiger partial charge >= 0.3 is 5.97 Å². The van der Waals surface area contributed by atoms with Crippen LogP contribution < -0.4 is 5.32 Å². The second kappa shape index (κ2) is 10.9. The van der Waals surface area contributed by atoms with Gasteiger partial charge in [-0.1, -0.05) is 62.9 Å². The Hall–Kier alpha value is -4.21. The molecule has 202 valence electrons. The molecule has 2 N–H and O–H groups in total. The van der Waals surface area contributed by atoms with E-state index in [9.17, 15) is 23.1 Å². The van der Waals surface area contributed by atoms with E-state index in [1.54, 1.807) is 44.2 Å². The third-order valence-corrected chi connectivity index (χ3v) is 8.55. The molecule has 1 atom stereocenters. The molecule has 0 aliphatic carbocycles. The van der Waals surface area contributed by atoms with Gasteiger partial charge in [-0.2, -0.15) is 4.31 Å². The number of hydrogen-bond donors (Lipinski definition) is 2. The Labute approximate surface area is 227 Å². The number of furan rings is 1. The van der Waals surface area contributed by atoms with E-state index < -0.39 is 28.0 Å². The minimum atomic E-state index is -4.00. The summed E-state index contributed by atoms with van der Waals surface area (Å²) >= 11 is 0. The van der Waals surface area contributed by atoms with Crippen LogP contribution in [0.1, 0.15) is 35.5 Å². The highest BCUT2D eigenvalue weighted by Gasteiger charge is 2.35. The van der Waals surface area contributed by atoms with Crippen molar-refractivity contribution in [1.82, 2.24) is 4.31 Å². The zero-order valence-electron chi connectivity index (χ0n) is 22.1. The molecule has 8 nitrogen and oxygen atoms in total. The van der Waals surface area contributed by atoms with Crippen LogP contribution >= 0.6 is 0 Å². The summed E-state index contributed by atoms with van der Waals surface area (Å²) in [5, 5.41) is 13.2. The lowest BCUT2D eigenvalue weighted by Crippen LogP contribution is -2.45. The third kappa shape index (κ3) is 5.36. The number of hydrogen-bond acceptors (Lipinski definition) is 5. The quantitative estimate of drug-likeness (QED) is 0.265. The van der Waals surface area contributed by atoms with Crippen LogP contribution in [0.25, 0.3) is 28.2 Å². The molecule has 0 aliphatic heterocycles. The van der Waals surface area contributed by atoms with Gasteiger partial charge in [-0.15, -0.1) is 0 Å². The normalized spacial score (nSPS) is 12.6. The average molecular weight is 547 g/mol. The van der Waals surface area contributed by atoms with Gasteiger partial charge in [0, 0.05) is 23.7 Å². The lowest BCUT2D eigenvalue weighted by molar-refractivity contribution is -0.142. The molecule has 0 unspecified atom stereocenters. The Kier molecular flexibility index (Phi) is 7.76. The van der Waals surface area contributed by atoms with E-state index in [2.05, 4.69) is 11.9 Å². The third-order valence-electron chi connectivity index (χ3n) is 6.70. The van der Waals surface area contributed by atoms with Crippen molar-refractivity contribution in [2.24, 2.45) is 5.92 Å². The fraction of sp³-hybridized carbons (Fsp3) is 0.200. The van der Waals surface area contributed by atoms with Crippen molar-refractivity contribution in [3.8, 4) is 11.1 Å². The van der Waals surface area contributed by atoms with Crippen LogP contribution in [0.3, 0.4) is 0 Å². The van der Waals surface area contributed by atoms with Crippen LogP contribution in [0.4, 0.5) is 5.69 Å². The first-order valence-corrected chi connectivity index (χ1v) is 13.8. The number of rotatable bonds is 9. The molecule has 1 heterocycles. The maximum atomic E-state index is 13.0. The molecule has 0 saturated carbocycles. The summed E-state index contributed by atoms with van der Waals surface area (Å²) in [4.78, 5) is 24.6. The van der Waals surface area contributed by atoms with Gasteiger partial charge in [-0.25, -0.2) is 8.42 Å². The van der Waals surface area contributed by atoms with Crippen molar-refractivity contribution >= 4 is 44.6 Å². The molecule has 9 heteroatoms. The Morgan fingerprint density at radius 2 is 1.59 bits per heavy atom. The fourth-order valence-electron chi connectivity index (χ4n) is 4.65. The number of aliphatic carboxylic acids is 1. The second-order valence-electron chi connectivity index (χ2n) is 9.58. The molecule has 0 bridgehead atoms. The molecular formula is C30H30N2O6S. The molecule has 1 amide bonds. The number of amides is 1. The van der Waals surface area contributed by atoms with Crippen LogP contribution in [0, 0.1) is 12.8 Å². The van der Waals surface area contributed by atoms with Gasteiger partial charge in [0.2, 0.25) is 10.0 Å². The number of benzene rings is 3. The number of aryl methyl sites for hydroxylation is 1. The van der Waals surface area contributed by atoms with E-state index >= 15 is 0 Å². The van der Waals surface area contributed by atoms with Crippen LogP contribution in [0.15, 0.2) is 82.6 Å². The van der Waals surface area contributed by atoms with E-state index in [4.69, 9.17) is 4.42 Å². The average Bonchev–Trinajstić information content (AvgIpc) is 3.25. The van der Waals surface area contributed by atoms with E-state index in [1.165, 1.54) is 19.2 Å². The lowest BCUT2D eigenvalue weighted by atomic mass is 10.0. The molecule has 3 aromatic carbocycles. The van der Waals surface area contributed by atoms with Crippen LogP contribution in [-0.4, -0.2) is 42.8 Å². The Morgan fingerprint density at radius 1 is 1.00 bits per heavy atom. The summed E-state index contributed by atoms with van der Waals surface area (Å²) in [6.07, 6.45) is 1.73. The van der Waals surface area contributed by atoms with Crippen molar-refractivity contribution in [3.05, 3.63) is 90.2 Å². The Morgan fingerprint density at radius 3 is 2.13 bits per heavy atom. The number of fused-ring (bicyclic) bond motifs is 1. The number of sulfonamides is 1. The largest absolute Gasteiger partial charge is 0.480 e. The van der Waals surface area contributed by atoms with E-state index in [1.807, 2.05) is 37.3 Å². The molecule has 0 spiro atoms. The van der Waals surface area contributed by atoms with E-state index in [-0.39, 0.29) is 16.6 Å². The summed E-state index contributed by atoms with van der Waals surface area (Å²) in [7, 11) is -2.72. The first-order chi connectivity index (χ1) is 18.4. The van der Waals surface area contributed by atoms with Gasteiger partial charge < -0.3 is 14.8 Å². The topological polar surface area (TPSA) is 117 Å². The predicted molar refractivity (Wildman–Crippen MR) is 152 cm³/mol.